The molecule has 1 atom stereocenters. The number of rotatable bonds is 4. The Morgan fingerprint density at radius 1 is 1.00 bits per heavy atom. The normalized spacial score (nSPS) is 17.2. The topological polar surface area (TPSA) is 79.6 Å². The van der Waals surface area contributed by atoms with E-state index in [-0.39, 0.29) is 10.5 Å². The molecular formula is C21H20N2O4S. The average Bonchev–Trinajstić information content (AvgIpc) is 3.17. The number of sulfonamides is 1. The highest BCUT2D eigenvalue weighted by molar-refractivity contribution is 7.89. The van der Waals surface area contributed by atoms with Gasteiger partial charge in [-0.1, -0.05) is 29.8 Å². The number of hydrogen-bond acceptors (Lipinski definition) is 3. The standard InChI is InChI=1S/C21H20N2O4S/c1-15-4-6-16(7-5-15)20-19-3-2-12-22(19)13-14-23(20)28(26,27)18-10-8-17(9-11-18)21(24)25/h2-12,20H,13-14H2,1H3,(H,24,25). The van der Waals surface area contributed by atoms with Gasteiger partial charge in [0, 0.05) is 25.0 Å². The lowest BCUT2D eigenvalue weighted by Gasteiger charge is -2.36. The molecule has 144 valence electrons. The van der Waals surface area contributed by atoms with Crippen LogP contribution in [0, 0.1) is 6.92 Å². The number of carboxylic acid groups (broad SMARTS) is 1. The molecule has 0 aliphatic carbocycles. The molecule has 1 aliphatic rings. The second-order valence-corrected chi connectivity index (χ2v) is 8.78. The predicted octanol–water partition coefficient (Wildman–Crippen LogP) is 3.29. The maximum atomic E-state index is 13.4. The van der Waals surface area contributed by atoms with Crippen LogP contribution >= 0.6 is 0 Å². The van der Waals surface area contributed by atoms with Crippen molar-refractivity contribution >= 4 is 16.0 Å². The third kappa shape index (κ3) is 3.12. The lowest BCUT2D eigenvalue weighted by molar-refractivity contribution is 0.0696. The molecule has 1 N–H and O–H groups in total. The van der Waals surface area contributed by atoms with Crippen molar-refractivity contribution in [3.05, 3.63) is 89.2 Å². The summed E-state index contributed by atoms with van der Waals surface area (Å²) < 4.78 is 30.4. The number of benzene rings is 2. The lowest BCUT2D eigenvalue weighted by Crippen LogP contribution is -2.42. The Hall–Kier alpha value is -2.90. The molecular weight excluding hydrogens is 376 g/mol. The SMILES string of the molecule is Cc1ccc(C2c3cccn3CCN2S(=O)(=O)c2ccc(C(=O)O)cc2)cc1. The van der Waals surface area contributed by atoms with Crippen molar-refractivity contribution in [1.29, 1.82) is 0 Å². The summed E-state index contributed by atoms with van der Waals surface area (Å²) in [6.45, 7) is 2.90. The van der Waals surface area contributed by atoms with E-state index in [1.165, 1.54) is 28.6 Å². The molecule has 28 heavy (non-hydrogen) atoms. The van der Waals surface area contributed by atoms with Crippen LogP contribution in [0.2, 0.25) is 0 Å². The molecule has 1 unspecified atom stereocenters. The quantitative estimate of drug-likeness (QED) is 0.734. The molecule has 7 heteroatoms. The molecule has 4 rings (SSSR count). The van der Waals surface area contributed by atoms with E-state index < -0.39 is 22.0 Å². The number of hydrogen-bond donors (Lipinski definition) is 1. The highest BCUT2D eigenvalue weighted by atomic mass is 32.2. The number of aromatic nitrogens is 1. The molecule has 2 heterocycles. The zero-order valence-electron chi connectivity index (χ0n) is 15.3. The van der Waals surface area contributed by atoms with Gasteiger partial charge in [0.05, 0.1) is 16.5 Å². The highest BCUT2D eigenvalue weighted by Gasteiger charge is 2.37. The first-order valence-corrected chi connectivity index (χ1v) is 10.4. The van der Waals surface area contributed by atoms with Gasteiger partial charge in [0.2, 0.25) is 10.0 Å². The number of aromatic carboxylic acids is 1. The maximum absolute atomic E-state index is 13.4. The predicted molar refractivity (Wildman–Crippen MR) is 105 cm³/mol. The summed E-state index contributed by atoms with van der Waals surface area (Å²) in [5.41, 5.74) is 2.98. The highest BCUT2D eigenvalue weighted by Crippen LogP contribution is 2.36. The van der Waals surface area contributed by atoms with E-state index >= 15 is 0 Å². The number of nitrogens with zero attached hydrogens (tertiary/aromatic N) is 2. The molecule has 0 radical (unpaired) electrons. The van der Waals surface area contributed by atoms with Gasteiger partial charge in [-0.25, -0.2) is 13.2 Å². The Labute approximate surface area is 163 Å². The summed E-state index contributed by atoms with van der Waals surface area (Å²) in [7, 11) is -3.81. The summed E-state index contributed by atoms with van der Waals surface area (Å²) in [6.07, 6.45) is 1.96. The Kier molecular flexibility index (Phi) is 4.56. The minimum absolute atomic E-state index is 0.0570. The molecule has 6 nitrogen and oxygen atoms in total. The molecule has 0 saturated carbocycles. The molecule has 0 saturated heterocycles. The first kappa shape index (κ1) is 18.5. The van der Waals surface area contributed by atoms with Crippen LogP contribution in [0.15, 0.2) is 71.8 Å². The van der Waals surface area contributed by atoms with E-state index in [4.69, 9.17) is 5.11 Å². The van der Waals surface area contributed by atoms with Gasteiger partial charge >= 0.3 is 5.97 Å². The van der Waals surface area contributed by atoms with E-state index in [0.717, 1.165) is 16.8 Å². The van der Waals surface area contributed by atoms with Crippen LogP contribution in [0.3, 0.4) is 0 Å². The molecule has 0 amide bonds. The molecule has 0 fully saturated rings. The zero-order chi connectivity index (χ0) is 19.9. The second-order valence-electron chi connectivity index (χ2n) is 6.88. The largest absolute Gasteiger partial charge is 0.478 e. The fourth-order valence-electron chi connectivity index (χ4n) is 3.61. The van der Waals surface area contributed by atoms with Crippen LogP contribution in [0.4, 0.5) is 0 Å². The van der Waals surface area contributed by atoms with Crippen LogP contribution in [-0.2, 0) is 16.6 Å². The summed E-state index contributed by atoms with van der Waals surface area (Å²) in [5, 5.41) is 9.06. The Morgan fingerprint density at radius 3 is 2.32 bits per heavy atom. The van der Waals surface area contributed by atoms with Crippen molar-refractivity contribution in [2.45, 2.75) is 24.4 Å². The van der Waals surface area contributed by atoms with Gasteiger partial charge in [-0.15, -0.1) is 0 Å². The molecule has 0 spiro atoms. The Morgan fingerprint density at radius 2 is 1.68 bits per heavy atom. The van der Waals surface area contributed by atoms with Crippen LogP contribution in [0.25, 0.3) is 0 Å². The average molecular weight is 396 g/mol. The fraction of sp³-hybridized carbons (Fsp3) is 0.190. The van der Waals surface area contributed by atoms with Crippen LogP contribution in [0.5, 0.6) is 0 Å². The van der Waals surface area contributed by atoms with E-state index in [1.54, 1.807) is 0 Å². The van der Waals surface area contributed by atoms with Crippen LogP contribution < -0.4 is 0 Å². The molecule has 2 aromatic carbocycles. The first-order chi connectivity index (χ1) is 13.4. The second kappa shape index (κ2) is 6.92. The number of aryl methyl sites for hydroxylation is 1. The Balaban J connectivity index is 1.80. The smallest absolute Gasteiger partial charge is 0.335 e. The van der Waals surface area contributed by atoms with Crippen molar-refractivity contribution in [3.8, 4) is 0 Å². The molecule has 1 aromatic heterocycles. The summed E-state index contributed by atoms with van der Waals surface area (Å²) >= 11 is 0. The van der Waals surface area contributed by atoms with Gasteiger partial charge in [0.25, 0.3) is 0 Å². The zero-order valence-corrected chi connectivity index (χ0v) is 16.1. The van der Waals surface area contributed by atoms with E-state index in [2.05, 4.69) is 4.57 Å². The number of carbonyl (C=O) groups is 1. The third-order valence-electron chi connectivity index (χ3n) is 5.10. The van der Waals surface area contributed by atoms with Crippen LogP contribution in [0.1, 0.15) is 33.2 Å². The first-order valence-electron chi connectivity index (χ1n) is 8.95. The lowest BCUT2D eigenvalue weighted by atomic mass is 10.0. The van der Waals surface area contributed by atoms with Gasteiger partial charge in [-0.2, -0.15) is 4.31 Å². The van der Waals surface area contributed by atoms with Crippen molar-refractivity contribution in [3.63, 3.8) is 0 Å². The number of carboxylic acids is 1. The maximum Gasteiger partial charge on any atom is 0.335 e. The van der Waals surface area contributed by atoms with Gasteiger partial charge in [-0.05, 0) is 48.9 Å². The van der Waals surface area contributed by atoms with Crippen LogP contribution in [-0.4, -0.2) is 34.9 Å². The fourth-order valence-corrected chi connectivity index (χ4v) is 5.19. The Bertz CT molecular complexity index is 1120. The molecule has 3 aromatic rings. The monoisotopic (exact) mass is 396 g/mol. The number of fused-ring (bicyclic) bond motifs is 1. The molecule has 1 aliphatic heterocycles. The summed E-state index contributed by atoms with van der Waals surface area (Å²) in [5.74, 6) is -1.09. The minimum Gasteiger partial charge on any atom is -0.478 e. The third-order valence-corrected chi connectivity index (χ3v) is 6.97. The van der Waals surface area contributed by atoms with E-state index in [1.807, 2.05) is 49.5 Å². The summed E-state index contributed by atoms with van der Waals surface area (Å²) in [6, 6.07) is 16.7. The van der Waals surface area contributed by atoms with Gasteiger partial charge in [0.1, 0.15) is 0 Å². The van der Waals surface area contributed by atoms with E-state index in [9.17, 15) is 13.2 Å². The minimum atomic E-state index is -3.81. The van der Waals surface area contributed by atoms with Gasteiger partial charge in [-0.3, -0.25) is 0 Å². The van der Waals surface area contributed by atoms with Crippen molar-refractivity contribution in [2.75, 3.05) is 6.54 Å². The molecule has 0 bridgehead atoms. The van der Waals surface area contributed by atoms with Gasteiger partial charge in [0.15, 0.2) is 0 Å². The van der Waals surface area contributed by atoms with Gasteiger partial charge < -0.3 is 9.67 Å². The summed E-state index contributed by atoms with van der Waals surface area (Å²) in [4.78, 5) is 11.2. The van der Waals surface area contributed by atoms with Crippen molar-refractivity contribution < 1.29 is 18.3 Å². The van der Waals surface area contributed by atoms with E-state index in [0.29, 0.717) is 13.1 Å². The van der Waals surface area contributed by atoms with Crippen molar-refractivity contribution in [2.24, 2.45) is 0 Å². The van der Waals surface area contributed by atoms with Crippen molar-refractivity contribution in [1.82, 2.24) is 8.87 Å².